The van der Waals surface area contributed by atoms with Crippen LogP contribution in [0.5, 0.6) is 0 Å². The Kier molecular flexibility index (Phi) is 6.37. The summed E-state index contributed by atoms with van der Waals surface area (Å²) < 4.78 is 0. The summed E-state index contributed by atoms with van der Waals surface area (Å²) in [6, 6.07) is 15.7. The molecule has 0 aliphatic carbocycles. The summed E-state index contributed by atoms with van der Waals surface area (Å²) in [5, 5.41) is 3.18. The average molecular weight is 374 g/mol. The molecule has 0 unspecified atom stereocenters. The van der Waals surface area contributed by atoms with Gasteiger partial charge in [0.25, 0.3) is 5.91 Å². The van der Waals surface area contributed by atoms with Gasteiger partial charge in [0.15, 0.2) is 0 Å². The van der Waals surface area contributed by atoms with Crippen LogP contribution >= 0.6 is 0 Å². The number of rotatable bonds is 7. The Labute approximate surface area is 166 Å². The normalized spacial score (nSPS) is 10.5. The van der Waals surface area contributed by atoms with E-state index < -0.39 is 0 Å². The number of nitrogens with zero attached hydrogens (tertiary/aromatic N) is 3. The second-order valence-electron chi connectivity index (χ2n) is 6.95. The van der Waals surface area contributed by atoms with Crippen LogP contribution in [0.3, 0.4) is 0 Å². The first-order valence-corrected chi connectivity index (χ1v) is 9.58. The van der Waals surface area contributed by atoms with E-state index in [0.717, 1.165) is 36.2 Å². The van der Waals surface area contributed by atoms with Crippen molar-refractivity contribution < 1.29 is 4.79 Å². The second kappa shape index (κ2) is 9.13. The van der Waals surface area contributed by atoms with Crippen LogP contribution in [0.2, 0.25) is 0 Å². The molecule has 0 atom stereocenters. The minimum atomic E-state index is 0.0211. The molecule has 1 aromatic heterocycles. The molecule has 28 heavy (non-hydrogen) atoms. The molecule has 3 rings (SSSR count). The first-order chi connectivity index (χ1) is 13.6. The molecule has 5 nitrogen and oxygen atoms in total. The second-order valence-corrected chi connectivity index (χ2v) is 6.95. The maximum Gasteiger partial charge on any atom is 0.253 e. The summed E-state index contributed by atoms with van der Waals surface area (Å²) in [5.74, 6) is 0.521. The lowest BCUT2D eigenvalue weighted by atomic mass is 10.1. The molecule has 0 aliphatic heterocycles. The Bertz CT molecular complexity index is 937. The Morgan fingerprint density at radius 2 is 1.79 bits per heavy atom. The monoisotopic (exact) mass is 374 g/mol. The molecule has 2 aromatic carbocycles. The highest BCUT2D eigenvalue weighted by atomic mass is 16.2. The van der Waals surface area contributed by atoms with E-state index in [1.54, 1.807) is 17.3 Å². The van der Waals surface area contributed by atoms with E-state index in [1.807, 2.05) is 43.4 Å². The van der Waals surface area contributed by atoms with Crippen LogP contribution < -0.4 is 5.32 Å². The molecule has 0 fully saturated rings. The predicted octanol–water partition coefficient (Wildman–Crippen LogP) is 5.07. The third-order valence-electron chi connectivity index (χ3n) is 4.56. The van der Waals surface area contributed by atoms with Gasteiger partial charge in [0.2, 0.25) is 5.95 Å². The van der Waals surface area contributed by atoms with Crippen LogP contribution in [0.4, 0.5) is 11.6 Å². The number of benzene rings is 2. The van der Waals surface area contributed by atoms with Gasteiger partial charge in [-0.1, -0.05) is 49.2 Å². The number of amides is 1. The number of carbonyl (C=O) groups is 1. The van der Waals surface area contributed by atoms with Crippen molar-refractivity contribution in [1.29, 1.82) is 0 Å². The summed E-state index contributed by atoms with van der Waals surface area (Å²) in [7, 11) is 1.84. The van der Waals surface area contributed by atoms with E-state index in [2.05, 4.69) is 41.3 Å². The third-order valence-corrected chi connectivity index (χ3v) is 4.56. The zero-order chi connectivity index (χ0) is 19.9. The molecular weight excluding hydrogens is 348 g/mol. The van der Waals surface area contributed by atoms with Crippen LogP contribution in [0.1, 0.15) is 35.7 Å². The number of aromatic nitrogens is 2. The van der Waals surface area contributed by atoms with E-state index in [4.69, 9.17) is 0 Å². The fourth-order valence-corrected chi connectivity index (χ4v) is 2.94. The first kappa shape index (κ1) is 19.5. The summed E-state index contributed by atoms with van der Waals surface area (Å²) in [6.45, 7) is 4.94. The van der Waals surface area contributed by atoms with Crippen molar-refractivity contribution in [2.75, 3.05) is 18.9 Å². The fourth-order valence-electron chi connectivity index (χ4n) is 2.94. The van der Waals surface area contributed by atoms with Crippen molar-refractivity contribution in [1.82, 2.24) is 14.9 Å². The highest BCUT2D eigenvalue weighted by Crippen LogP contribution is 2.21. The number of aryl methyl sites for hydroxylation is 1. The molecule has 0 spiro atoms. The highest BCUT2D eigenvalue weighted by Gasteiger charge is 2.12. The van der Waals surface area contributed by atoms with Crippen LogP contribution in [0.25, 0.3) is 11.1 Å². The van der Waals surface area contributed by atoms with Gasteiger partial charge in [-0.25, -0.2) is 9.97 Å². The largest absolute Gasteiger partial charge is 0.342 e. The zero-order valence-corrected chi connectivity index (χ0v) is 16.6. The summed E-state index contributed by atoms with van der Waals surface area (Å²) in [4.78, 5) is 23.1. The van der Waals surface area contributed by atoms with Crippen LogP contribution in [-0.4, -0.2) is 34.4 Å². The summed E-state index contributed by atoms with van der Waals surface area (Å²) >= 11 is 0. The molecule has 0 saturated heterocycles. The molecule has 0 radical (unpaired) electrons. The number of carbonyl (C=O) groups excluding carboxylic acids is 1. The van der Waals surface area contributed by atoms with Crippen molar-refractivity contribution in [3.05, 3.63) is 72.1 Å². The van der Waals surface area contributed by atoms with E-state index in [1.165, 1.54) is 5.56 Å². The molecule has 0 aliphatic rings. The number of anilines is 2. The van der Waals surface area contributed by atoms with Gasteiger partial charge >= 0.3 is 0 Å². The highest BCUT2D eigenvalue weighted by molar-refractivity contribution is 5.95. The van der Waals surface area contributed by atoms with Crippen molar-refractivity contribution >= 4 is 17.5 Å². The molecule has 0 bridgehead atoms. The summed E-state index contributed by atoms with van der Waals surface area (Å²) in [5.41, 5.74) is 4.70. The SMILES string of the molecule is CCCCN(C)C(=O)c1cccc(Nc2ncc(-c3cccc(C)c3)cn2)c1. The van der Waals surface area contributed by atoms with Crippen LogP contribution in [-0.2, 0) is 0 Å². The van der Waals surface area contributed by atoms with Gasteiger partial charge < -0.3 is 10.2 Å². The van der Waals surface area contributed by atoms with Crippen LogP contribution in [0.15, 0.2) is 60.9 Å². The van der Waals surface area contributed by atoms with Gasteiger partial charge in [-0.15, -0.1) is 0 Å². The lowest BCUT2D eigenvalue weighted by Gasteiger charge is -2.17. The topological polar surface area (TPSA) is 58.1 Å². The van der Waals surface area contributed by atoms with Crippen molar-refractivity contribution in [3.63, 3.8) is 0 Å². The van der Waals surface area contributed by atoms with Gasteiger partial charge in [0.1, 0.15) is 0 Å². The lowest BCUT2D eigenvalue weighted by molar-refractivity contribution is 0.0793. The number of nitrogens with one attached hydrogen (secondary N) is 1. The van der Waals surface area contributed by atoms with Gasteiger partial charge in [0, 0.05) is 42.8 Å². The molecular formula is C23H26N4O. The van der Waals surface area contributed by atoms with Gasteiger partial charge in [0.05, 0.1) is 0 Å². The maximum atomic E-state index is 12.6. The fraction of sp³-hybridized carbons (Fsp3) is 0.261. The lowest BCUT2D eigenvalue weighted by Crippen LogP contribution is -2.27. The van der Waals surface area contributed by atoms with Crippen molar-refractivity contribution in [3.8, 4) is 11.1 Å². The molecule has 5 heteroatoms. The maximum absolute atomic E-state index is 12.6. The Morgan fingerprint density at radius 3 is 2.50 bits per heavy atom. The Hall–Kier alpha value is -3.21. The number of unbranched alkanes of at least 4 members (excludes halogenated alkanes) is 1. The van der Waals surface area contributed by atoms with E-state index >= 15 is 0 Å². The quantitative estimate of drug-likeness (QED) is 0.627. The zero-order valence-electron chi connectivity index (χ0n) is 16.6. The van der Waals surface area contributed by atoms with E-state index in [0.29, 0.717) is 11.5 Å². The predicted molar refractivity (Wildman–Crippen MR) is 114 cm³/mol. The molecule has 1 heterocycles. The van der Waals surface area contributed by atoms with Crippen molar-refractivity contribution in [2.45, 2.75) is 26.7 Å². The minimum Gasteiger partial charge on any atom is -0.342 e. The van der Waals surface area contributed by atoms with Crippen LogP contribution in [0, 0.1) is 6.92 Å². The minimum absolute atomic E-state index is 0.0211. The van der Waals surface area contributed by atoms with Gasteiger partial charge in [-0.3, -0.25) is 4.79 Å². The Morgan fingerprint density at radius 1 is 1.04 bits per heavy atom. The first-order valence-electron chi connectivity index (χ1n) is 9.58. The molecule has 1 amide bonds. The van der Waals surface area contributed by atoms with E-state index in [9.17, 15) is 4.79 Å². The molecule has 3 aromatic rings. The van der Waals surface area contributed by atoms with Crippen molar-refractivity contribution in [2.24, 2.45) is 0 Å². The molecule has 144 valence electrons. The van der Waals surface area contributed by atoms with Gasteiger partial charge in [-0.2, -0.15) is 0 Å². The number of hydrogen-bond donors (Lipinski definition) is 1. The molecule has 1 N–H and O–H groups in total. The molecule has 0 saturated carbocycles. The number of hydrogen-bond acceptors (Lipinski definition) is 4. The Balaban J connectivity index is 1.71. The standard InChI is InChI=1S/C23H26N4O/c1-4-5-12-27(3)22(28)19-10-7-11-21(14-19)26-23-24-15-20(16-25-23)18-9-6-8-17(2)13-18/h6-11,13-16H,4-5,12H2,1-3H3,(H,24,25,26). The van der Waals surface area contributed by atoms with Gasteiger partial charge in [-0.05, 0) is 37.1 Å². The average Bonchev–Trinajstić information content (AvgIpc) is 2.72. The smallest absolute Gasteiger partial charge is 0.253 e. The van der Waals surface area contributed by atoms with E-state index in [-0.39, 0.29) is 5.91 Å². The summed E-state index contributed by atoms with van der Waals surface area (Å²) in [6.07, 6.45) is 5.67. The third kappa shape index (κ3) is 4.94.